The van der Waals surface area contributed by atoms with Crippen LogP contribution in [0.4, 0.5) is 18.3 Å². The molecule has 0 spiro atoms. The van der Waals surface area contributed by atoms with Crippen LogP contribution in [0, 0.1) is 6.92 Å². The Morgan fingerprint density at radius 3 is 2.53 bits per heavy atom. The van der Waals surface area contributed by atoms with E-state index in [9.17, 15) is 18.0 Å². The van der Waals surface area contributed by atoms with E-state index in [-0.39, 0.29) is 10.7 Å². The van der Waals surface area contributed by atoms with E-state index in [1.165, 1.54) is 11.8 Å². The summed E-state index contributed by atoms with van der Waals surface area (Å²) < 4.78 is 44.2. The zero-order chi connectivity index (χ0) is 22.7. The number of carbonyl (C=O) groups is 1. The van der Waals surface area contributed by atoms with E-state index in [2.05, 4.69) is 25.7 Å². The number of halogens is 3. The number of aryl methyl sites for hydroxylation is 1. The molecule has 0 aliphatic carbocycles. The van der Waals surface area contributed by atoms with Crippen molar-refractivity contribution in [1.82, 2.24) is 20.4 Å². The Kier molecular flexibility index (Phi) is 6.24. The van der Waals surface area contributed by atoms with Crippen LogP contribution in [-0.4, -0.2) is 26.3 Å². The van der Waals surface area contributed by atoms with Gasteiger partial charge in [-0.3, -0.25) is 10.1 Å². The number of anilines is 1. The molecule has 32 heavy (non-hydrogen) atoms. The summed E-state index contributed by atoms with van der Waals surface area (Å²) in [6, 6.07) is 11.6. The normalized spacial score (nSPS) is 11.5. The molecule has 0 saturated carbocycles. The molecule has 2 aromatic heterocycles. The second kappa shape index (κ2) is 9.09. The molecule has 0 aliphatic heterocycles. The van der Waals surface area contributed by atoms with E-state index in [0.29, 0.717) is 21.9 Å². The molecule has 0 atom stereocenters. The molecule has 0 fully saturated rings. The molecule has 4 rings (SSSR count). The molecule has 0 saturated heterocycles. The van der Waals surface area contributed by atoms with Crippen LogP contribution >= 0.6 is 23.1 Å². The topological polar surface area (TPSA) is 93.8 Å². The van der Waals surface area contributed by atoms with Gasteiger partial charge in [0, 0.05) is 11.1 Å². The SMILES string of the molecule is Cc1ccccc1-c1nnc(CSc2nnc(NC(=O)c3ccc(C(F)(F)F)cc3)s2)o1. The Balaban J connectivity index is 1.34. The molecule has 0 bridgehead atoms. The van der Waals surface area contributed by atoms with Crippen molar-refractivity contribution in [1.29, 1.82) is 0 Å². The second-order valence-electron chi connectivity index (χ2n) is 6.51. The van der Waals surface area contributed by atoms with Crippen molar-refractivity contribution < 1.29 is 22.4 Å². The summed E-state index contributed by atoms with van der Waals surface area (Å²) in [7, 11) is 0. The van der Waals surface area contributed by atoms with Gasteiger partial charge >= 0.3 is 6.18 Å². The van der Waals surface area contributed by atoms with Crippen molar-refractivity contribution in [3.63, 3.8) is 0 Å². The number of hydrogen-bond donors (Lipinski definition) is 1. The zero-order valence-electron chi connectivity index (χ0n) is 16.4. The third-order valence-corrected chi connectivity index (χ3v) is 6.22. The van der Waals surface area contributed by atoms with Crippen molar-refractivity contribution >= 4 is 34.1 Å². The van der Waals surface area contributed by atoms with Gasteiger partial charge in [-0.25, -0.2) is 0 Å². The molecule has 0 aliphatic rings. The third kappa shape index (κ3) is 5.14. The maximum atomic E-state index is 12.6. The highest BCUT2D eigenvalue weighted by Crippen LogP contribution is 2.31. The summed E-state index contributed by atoms with van der Waals surface area (Å²) in [4.78, 5) is 12.2. The first kappa shape index (κ1) is 22.0. The van der Waals surface area contributed by atoms with E-state index in [1.54, 1.807) is 0 Å². The Bertz CT molecular complexity index is 1240. The van der Waals surface area contributed by atoms with Crippen LogP contribution in [0.1, 0.15) is 27.4 Å². The lowest BCUT2D eigenvalue weighted by Gasteiger charge is -2.07. The van der Waals surface area contributed by atoms with E-state index in [4.69, 9.17) is 4.42 Å². The fourth-order valence-corrected chi connectivity index (χ4v) is 4.24. The van der Waals surface area contributed by atoms with Crippen molar-refractivity contribution in [2.45, 2.75) is 23.2 Å². The Hall–Kier alpha value is -3.25. The van der Waals surface area contributed by atoms with Gasteiger partial charge in [0.2, 0.25) is 16.9 Å². The number of amides is 1. The van der Waals surface area contributed by atoms with E-state index in [0.717, 1.165) is 46.7 Å². The summed E-state index contributed by atoms with van der Waals surface area (Å²) in [5, 5.41) is 18.7. The minimum Gasteiger partial charge on any atom is -0.420 e. The lowest BCUT2D eigenvalue weighted by molar-refractivity contribution is -0.137. The predicted molar refractivity (Wildman–Crippen MR) is 113 cm³/mol. The number of rotatable bonds is 6. The van der Waals surface area contributed by atoms with E-state index >= 15 is 0 Å². The van der Waals surface area contributed by atoms with Crippen molar-refractivity contribution in [2.24, 2.45) is 0 Å². The van der Waals surface area contributed by atoms with Crippen LogP contribution in [0.5, 0.6) is 0 Å². The van der Waals surface area contributed by atoms with Crippen LogP contribution in [0.15, 0.2) is 57.3 Å². The van der Waals surface area contributed by atoms with Crippen LogP contribution in [-0.2, 0) is 11.9 Å². The zero-order valence-corrected chi connectivity index (χ0v) is 18.0. The van der Waals surface area contributed by atoms with Crippen LogP contribution in [0.25, 0.3) is 11.5 Å². The van der Waals surface area contributed by atoms with Gasteiger partial charge in [0.05, 0.1) is 11.3 Å². The standard InChI is InChI=1S/C20H14F3N5O2S2/c1-11-4-2-3-5-14(11)17-26-25-15(30-17)10-31-19-28-27-18(32-19)24-16(29)12-6-8-13(9-7-12)20(21,22)23/h2-9H,10H2,1H3,(H,24,27,29). The van der Waals surface area contributed by atoms with Crippen LogP contribution in [0.2, 0.25) is 0 Å². The molecule has 1 amide bonds. The first-order chi connectivity index (χ1) is 15.3. The Morgan fingerprint density at radius 2 is 1.81 bits per heavy atom. The maximum Gasteiger partial charge on any atom is 0.416 e. The number of benzene rings is 2. The minimum absolute atomic E-state index is 0.0806. The smallest absolute Gasteiger partial charge is 0.416 e. The number of thioether (sulfide) groups is 1. The monoisotopic (exact) mass is 477 g/mol. The van der Waals surface area contributed by atoms with Gasteiger partial charge < -0.3 is 4.42 Å². The number of carbonyl (C=O) groups excluding carboxylic acids is 1. The molecule has 0 unspecified atom stereocenters. The average Bonchev–Trinajstić information content (AvgIpc) is 3.41. The van der Waals surface area contributed by atoms with Crippen LogP contribution in [0.3, 0.4) is 0 Å². The molecule has 2 heterocycles. The predicted octanol–water partition coefficient (Wildman–Crippen LogP) is 5.46. The number of alkyl halides is 3. The molecule has 2 aromatic carbocycles. The Labute approximate surface area is 188 Å². The first-order valence-electron chi connectivity index (χ1n) is 9.13. The van der Waals surface area contributed by atoms with Gasteiger partial charge in [-0.15, -0.1) is 20.4 Å². The van der Waals surface area contributed by atoms with Crippen molar-refractivity contribution in [2.75, 3.05) is 5.32 Å². The fourth-order valence-electron chi connectivity index (χ4n) is 2.66. The van der Waals surface area contributed by atoms with E-state index in [1.807, 2.05) is 31.2 Å². The number of nitrogens with one attached hydrogen (secondary N) is 1. The average molecular weight is 477 g/mol. The summed E-state index contributed by atoms with van der Waals surface area (Å²) in [6.45, 7) is 1.95. The number of hydrogen-bond acceptors (Lipinski definition) is 8. The summed E-state index contributed by atoms with van der Waals surface area (Å²) >= 11 is 2.43. The molecule has 164 valence electrons. The molecular formula is C20H14F3N5O2S2. The lowest BCUT2D eigenvalue weighted by atomic mass is 10.1. The quantitative estimate of drug-likeness (QED) is 0.291. The maximum absolute atomic E-state index is 12.6. The number of nitrogens with zero attached hydrogens (tertiary/aromatic N) is 4. The molecule has 12 heteroatoms. The Morgan fingerprint density at radius 1 is 1.06 bits per heavy atom. The van der Waals surface area contributed by atoms with Crippen LogP contribution < -0.4 is 5.32 Å². The largest absolute Gasteiger partial charge is 0.420 e. The highest BCUT2D eigenvalue weighted by Gasteiger charge is 2.30. The molecule has 0 radical (unpaired) electrons. The highest BCUT2D eigenvalue weighted by atomic mass is 32.2. The molecule has 4 aromatic rings. The van der Waals surface area contributed by atoms with E-state index < -0.39 is 17.6 Å². The van der Waals surface area contributed by atoms with Crippen molar-refractivity contribution in [3.05, 3.63) is 71.1 Å². The first-order valence-corrected chi connectivity index (χ1v) is 10.9. The minimum atomic E-state index is -4.46. The third-order valence-electron chi connectivity index (χ3n) is 4.26. The van der Waals surface area contributed by atoms with Gasteiger partial charge in [-0.2, -0.15) is 13.2 Å². The van der Waals surface area contributed by atoms with Gasteiger partial charge in [0.1, 0.15) is 0 Å². The number of aromatic nitrogens is 4. The summed E-state index contributed by atoms with van der Waals surface area (Å²) in [5.41, 5.74) is 1.14. The summed E-state index contributed by atoms with van der Waals surface area (Å²) in [5.74, 6) is 0.630. The summed E-state index contributed by atoms with van der Waals surface area (Å²) in [6.07, 6.45) is -4.46. The molecule has 1 N–H and O–H groups in total. The fraction of sp³-hybridized carbons (Fsp3) is 0.150. The molecule has 7 nitrogen and oxygen atoms in total. The van der Waals surface area contributed by atoms with Gasteiger partial charge in [-0.1, -0.05) is 41.3 Å². The second-order valence-corrected chi connectivity index (χ2v) is 8.71. The highest BCUT2D eigenvalue weighted by molar-refractivity contribution is 8.00. The lowest BCUT2D eigenvalue weighted by Crippen LogP contribution is -2.12. The molecular weight excluding hydrogens is 463 g/mol. The van der Waals surface area contributed by atoms with Gasteiger partial charge in [0.15, 0.2) is 4.34 Å². The van der Waals surface area contributed by atoms with Crippen molar-refractivity contribution in [3.8, 4) is 11.5 Å². The van der Waals surface area contributed by atoms with Gasteiger partial charge in [-0.05, 0) is 42.8 Å². The van der Waals surface area contributed by atoms with Gasteiger partial charge in [0.25, 0.3) is 5.91 Å².